The second-order valence-electron chi connectivity index (χ2n) is 14.5. The Morgan fingerprint density at radius 1 is 0.453 bits per heavy atom. The van der Waals surface area contributed by atoms with Crippen LogP contribution in [0.25, 0.3) is 67.0 Å². The number of aromatic nitrogens is 2. The zero-order chi connectivity index (χ0) is 41.7. The van der Waals surface area contributed by atoms with E-state index in [9.17, 15) is 0 Å². The summed E-state index contributed by atoms with van der Waals surface area (Å²) in [5.74, 6) is 0. The van der Waals surface area contributed by atoms with E-state index in [-0.39, 0.29) is 11.1 Å². The molecule has 5 heteroatoms. The van der Waals surface area contributed by atoms with Gasteiger partial charge >= 0.3 is 7.12 Å². The Kier molecular flexibility index (Phi) is 7.25. The first-order chi connectivity index (χ1) is 28.0. The maximum atomic E-state index is 7.69. The molecule has 0 N–H and O–H groups in total. The fourth-order valence-corrected chi connectivity index (χ4v) is 6.82. The molecule has 2 aromatic heterocycles. The van der Waals surface area contributed by atoms with Gasteiger partial charge in [0.1, 0.15) is 0 Å². The van der Waals surface area contributed by atoms with Gasteiger partial charge in [-0.05, 0) is 121 Å². The molecule has 0 radical (unpaired) electrons. The SMILES string of the molecule is [2H]C([2H])([2H])c1ccc(-c2ccc(-c3ccccc3-c3cc(B4OC(C)(C)C(C)(C)O4)cc(-c4ccccc4-c4ccc(-c5ccc(C([2H])([2H])[2H])cn5)cc4)c3)cc2)nc1. The molecule has 0 saturated carbocycles. The van der Waals surface area contributed by atoms with Gasteiger partial charge in [0.15, 0.2) is 0 Å². The van der Waals surface area contributed by atoms with Crippen LogP contribution >= 0.6 is 0 Å². The molecule has 4 nitrogen and oxygen atoms in total. The van der Waals surface area contributed by atoms with Crippen LogP contribution in [0.3, 0.4) is 0 Å². The molecule has 53 heavy (non-hydrogen) atoms. The highest BCUT2D eigenvalue weighted by molar-refractivity contribution is 6.62. The van der Waals surface area contributed by atoms with E-state index in [0.717, 1.165) is 61.1 Å². The molecule has 0 spiro atoms. The lowest BCUT2D eigenvalue weighted by atomic mass is 9.75. The molecule has 1 saturated heterocycles. The number of rotatable bonds is 7. The van der Waals surface area contributed by atoms with Crippen LogP contribution in [0.5, 0.6) is 0 Å². The lowest BCUT2D eigenvalue weighted by Gasteiger charge is -2.32. The molecule has 0 bridgehead atoms. The van der Waals surface area contributed by atoms with E-state index in [2.05, 4.69) is 104 Å². The van der Waals surface area contributed by atoms with Gasteiger partial charge in [0.2, 0.25) is 0 Å². The minimum atomic E-state index is -2.20. The Bertz CT molecular complexity index is 2440. The molecule has 0 unspecified atom stereocenters. The van der Waals surface area contributed by atoms with Gasteiger partial charge in [-0.2, -0.15) is 0 Å². The van der Waals surface area contributed by atoms with Gasteiger partial charge in [-0.25, -0.2) is 0 Å². The first kappa shape index (κ1) is 28.0. The minimum absolute atomic E-state index is 0.212. The van der Waals surface area contributed by atoms with E-state index >= 15 is 0 Å². The lowest BCUT2D eigenvalue weighted by molar-refractivity contribution is 0.00578. The molecule has 260 valence electrons. The molecule has 1 aliphatic heterocycles. The quantitative estimate of drug-likeness (QED) is 0.156. The highest BCUT2D eigenvalue weighted by Crippen LogP contribution is 2.40. The van der Waals surface area contributed by atoms with Crippen LogP contribution in [-0.2, 0) is 9.31 Å². The molecular weight excluding hydrogens is 647 g/mol. The zero-order valence-corrected chi connectivity index (χ0v) is 30.2. The molecule has 0 amide bonds. The van der Waals surface area contributed by atoms with Gasteiger partial charge in [0, 0.05) is 31.7 Å². The van der Waals surface area contributed by atoms with Crippen molar-refractivity contribution >= 4 is 12.6 Å². The summed E-state index contributed by atoms with van der Waals surface area (Å²) >= 11 is 0. The van der Waals surface area contributed by atoms with Crippen LogP contribution in [0, 0.1) is 13.7 Å². The molecule has 0 atom stereocenters. The predicted molar refractivity (Wildman–Crippen MR) is 220 cm³/mol. The van der Waals surface area contributed by atoms with Crippen LogP contribution in [0.2, 0.25) is 0 Å². The number of pyridine rings is 2. The van der Waals surface area contributed by atoms with Gasteiger partial charge < -0.3 is 9.31 Å². The van der Waals surface area contributed by atoms with Gasteiger partial charge in [0.25, 0.3) is 0 Å². The monoisotopic (exact) mass is 696 g/mol. The van der Waals surface area contributed by atoms with Gasteiger partial charge in [0.05, 0.1) is 22.6 Å². The summed E-state index contributed by atoms with van der Waals surface area (Å²) in [7, 11) is -0.593. The summed E-state index contributed by atoms with van der Waals surface area (Å²) < 4.78 is 59.4. The van der Waals surface area contributed by atoms with Crippen LogP contribution in [0.4, 0.5) is 0 Å². The average molecular weight is 697 g/mol. The normalized spacial score (nSPS) is 16.9. The van der Waals surface area contributed by atoms with Crippen molar-refractivity contribution in [3.05, 3.63) is 163 Å². The Balaban J connectivity index is 1.19. The third-order valence-corrected chi connectivity index (χ3v) is 10.5. The summed E-state index contributed by atoms with van der Waals surface area (Å²) in [6.07, 6.45) is 2.85. The minimum Gasteiger partial charge on any atom is -0.399 e. The van der Waals surface area contributed by atoms with E-state index < -0.39 is 32.0 Å². The molecular formula is C48H43BN2O2. The smallest absolute Gasteiger partial charge is 0.399 e. The van der Waals surface area contributed by atoms with Crippen LogP contribution in [0.1, 0.15) is 47.0 Å². The van der Waals surface area contributed by atoms with Crippen molar-refractivity contribution in [3.8, 4) is 67.0 Å². The van der Waals surface area contributed by atoms with E-state index in [0.29, 0.717) is 11.4 Å². The first-order valence-electron chi connectivity index (χ1n) is 20.8. The van der Waals surface area contributed by atoms with Crippen molar-refractivity contribution in [2.24, 2.45) is 0 Å². The summed E-state index contributed by atoms with van der Waals surface area (Å²) in [6, 6.07) is 46.3. The summed E-state index contributed by atoms with van der Waals surface area (Å²) in [6.45, 7) is 3.83. The van der Waals surface area contributed by atoms with Crippen molar-refractivity contribution in [1.82, 2.24) is 9.97 Å². The fraction of sp³-hybridized carbons (Fsp3) is 0.167. The van der Waals surface area contributed by atoms with Crippen LogP contribution in [0.15, 0.2) is 152 Å². The maximum Gasteiger partial charge on any atom is 0.494 e. The number of aryl methyl sites for hydroxylation is 2. The van der Waals surface area contributed by atoms with Crippen molar-refractivity contribution in [3.63, 3.8) is 0 Å². The largest absolute Gasteiger partial charge is 0.494 e. The molecule has 8 rings (SSSR count). The van der Waals surface area contributed by atoms with Crippen molar-refractivity contribution < 1.29 is 17.5 Å². The summed E-state index contributed by atoms with van der Waals surface area (Å²) in [5.41, 5.74) is 11.7. The Morgan fingerprint density at radius 2 is 0.830 bits per heavy atom. The summed E-state index contributed by atoms with van der Waals surface area (Å²) in [4.78, 5) is 8.89. The number of hydrogen-bond donors (Lipinski definition) is 0. The molecule has 1 fully saturated rings. The molecule has 1 aliphatic rings. The molecule has 5 aromatic carbocycles. The van der Waals surface area contributed by atoms with E-state index in [1.165, 1.54) is 12.4 Å². The number of nitrogens with zero attached hydrogens (tertiary/aromatic N) is 2. The van der Waals surface area contributed by atoms with Crippen LogP contribution in [-0.4, -0.2) is 28.3 Å². The lowest BCUT2D eigenvalue weighted by Crippen LogP contribution is -2.41. The number of benzene rings is 5. The van der Waals surface area contributed by atoms with E-state index in [1.807, 2.05) is 48.5 Å². The second kappa shape index (κ2) is 13.7. The van der Waals surface area contributed by atoms with Gasteiger partial charge in [-0.1, -0.05) is 121 Å². The van der Waals surface area contributed by atoms with E-state index in [1.54, 1.807) is 24.3 Å². The average Bonchev–Trinajstić information content (AvgIpc) is 3.46. The van der Waals surface area contributed by atoms with Gasteiger partial charge in [-0.15, -0.1) is 0 Å². The fourth-order valence-electron chi connectivity index (χ4n) is 6.82. The van der Waals surface area contributed by atoms with Crippen molar-refractivity contribution in [1.29, 1.82) is 0 Å². The molecule has 7 aromatic rings. The third kappa shape index (κ3) is 6.86. The van der Waals surface area contributed by atoms with Crippen molar-refractivity contribution in [2.75, 3.05) is 0 Å². The maximum absolute atomic E-state index is 7.69. The standard InChI is InChI=1S/C48H43BN2O2/c1-32-15-25-45(50-30-32)36-21-17-34(18-22-36)41-11-7-9-13-43(41)38-27-39(29-40(28-38)49-52-47(3,4)48(5,6)53-49)44-14-10-8-12-42(44)35-19-23-37(24-20-35)46-26-16-33(2)31-51-46/h7-31H,1-6H3/i1D3,2D3. The first-order valence-corrected chi connectivity index (χ1v) is 17.8. The van der Waals surface area contributed by atoms with Crippen molar-refractivity contribution in [2.45, 2.75) is 52.6 Å². The topological polar surface area (TPSA) is 44.2 Å². The highest BCUT2D eigenvalue weighted by atomic mass is 16.7. The Morgan fingerprint density at radius 3 is 1.19 bits per heavy atom. The van der Waals surface area contributed by atoms with E-state index in [4.69, 9.17) is 17.5 Å². The third-order valence-electron chi connectivity index (χ3n) is 10.5. The van der Waals surface area contributed by atoms with Crippen LogP contribution < -0.4 is 5.46 Å². The zero-order valence-electron chi connectivity index (χ0n) is 36.2. The molecule has 3 heterocycles. The second-order valence-corrected chi connectivity index (χ2v) is 14.5. The summed E-state index contributed by atoms with van der Waals surface area (Å²) in [5, 5.41) is 0. The number of hydrogen-bond acceptors (Lipinski definition) is 4. The Labute approximate surface area is 322 Å². The highest BCUT2D eigenvalue weighted by Gasteiger charge is 2.51. The predicted octanol–water partition coefficient (Wildman–Crippen LogP) is 11.4. The van der Waals surface area contributed by atoms with Gasteiger partial charge in [-0.3, -0.25) is 9.97 Å². The Hall–Kier alpha value is -5.62. The molecule has 0 aliphatic carbocycles.